The van der Waals surface area contributed by atoms with Gasteiger partial charge in [0, 0.05) is 33.6 Å². The lowest BCUT2D eigenvalue weighted by Crippen LogP contribution is -2.62. The van der Waals surface area contributed by atoms with E-state index in [1.54, 1.807) is 48.5 Å². The second-order valence-electron chi connectivity index (χ2n) is 10.5. The lowest BCUT2D eigenvalue weighted by atomic mass is 9.57. The molecule has 8 heteroatoms. The molecule has 4 heterocycles. The first-order valence-corrected chi connectivity index (χ1v) is 13.5. The molecule has 3 aromatic rings. The van der Waals surface area contributed by atoms with E-state index < -0.39 is 16.9 Å². The molecule has 0 aromatic heterocycles. The summed E-state index contributed by atoms with van der Waals surface area (Å²) in [6.45, 7) is 4.57. The van der Waals surface area contributed by atoms with Gasteiger partial charge in [-0.05, 0) is 61.3 Å². The van der Waals surface area contributed by atoms with Gasteiger partial charge in [-0.25, -0.2) is 0 Å². The summed E-state index contributed by atoms with van der Waals surface area (Å²) in [5.41, 5.74) is 0.00641. The van der Waals surface area contributed by atoms with Crippen molar-refractivity contribution in [1.82, 2.24) is 4.90 Å². The van der Waals surface area contributed by atoms with Crippen molar-refractivity contribution < 1.29 is 19.1 Å². The van der Waals surface area contributed by atoms with E-state index in [1.165, 1.54) is 0 Å². The highest BCUT2D eigenvalue weighted by Gasteiger charge is 2.81. The van der Waals surface area contributed by atoms with Gasteiger partial charge >= 0.3 is 0 Å². The van der Waals surface area contributed by atoms with Crippen molar-refractivity contribution in [2.24, 2.45) is 5.92 Å². The number of hydrogen-bond donors (Lipinski definition) is 2. The number of amides is 2. The number of Topliss-reactive ketones (excluding diaryl/α,β-unsaturated/α-hetero) is 1. The van der Waals surface area contributed by atoms with Crippen LogP contribution in [-0.4, -0.2) is 41.7 Å². The largest absolute Gasteiger partial charge is 0.490 e. The zero-order valence-corrected chi connectivity index (χ0v) is 21.8. The normalized spacial score (nSPS) is 28.2. The average molecular weight is 540 g/mol. The van der Waals surface area contributed by atoms with E-state index in [0.29, 0.717) is 58.4 Å². The number of rotatable bonds is 5. The monoisotopic (exact) mass is 539 g/mol. The fourth-order valence-corrected chi connectivity index (χ4v) is 7.80. The summed E-state index contributed by atoms with van der Waals surface area (Å²) in [6, 6.07) is 19.4. The molecule has 0 saturated carbocycles. The third kappa shape index (κ3) is 2.94. The van der Waals surface area contributed by atoms with E-state index in [2.05, 4.69) is 22.1 Å². The Kier molecular flexibility index (Phi) is 5.28. The maximum atomic E-state index is 14.7. The van der Waals surface area contributed by atoms with Gasteiger partial charge in [-0.2, -0.15) is 0 Å². The Hall–Kier alpha value is -3.94. The van der Waals surface area contributed by atoms with Gasteiger partial charge in [-0.3, -0.25) is 19.3 Å². The Morgan fingerprint density at radius 2 is 1.82 bits per heavy atom. The predicted molar refractivity (Wildman–Crippen MR) is 148 cm³/mol. The number of carbonyl (C=O) groups excluding carboxylic acids is 3. The van der Waals surface area contributed by atoms with E-state index in [-0.39, 0.29) is 23.6 Å². The topological polar surface area (TPSA) is 87.7 Å². The second-order valence-corrected chi connectivity index (χ2v) is 11.0. The van der Waals surface area contributed by atoms with E-state index >= 15 is 0 Å². The number of para-hydroxylation sites is 1. The summed E-state index contributed by atoms with van der Waals surface area (Å²) in [6.07, 6.45) is 3.13. The van der Waals surface area contributed by atoms with E-state index in [4.69, 9.17) is 16.3 Å². The summed E-state index contributed by atoms with van der Waals surface area (Å²) in [5.74, 6) is -1.13. The SMILES string of the molecule is C=CCOc1cccc(C(=O)[C@@H]2[C@@H]3CCCN3[C@]3(C(=O)Nc4ccc(Cl)cc43)[C@@]23C(=O)Nc2ccccc23)c1. The quantitative estimate of drug-likeness (QED) is 0.355. The Labute approximate surface area is 230 Å². The molecule has 7 nitrogen and oxygen atoms in total. The van der Waals surface area contributed by atoms with Crippen LogP contribution >= 0.6 is 11.6 Å². The fraction of sp³-hybridized carbons (Fsp3) is 0.258. The molecule has 0 radical (unpaired) electrons. The van der Waals surface area contributed by atoms with Crippen molar-refractivity contribution in [2.45, 2.75) is 29.8 Å². The van der Waals surface area contributed by atoms with Gasteiger partial charge < -0.3 is 15.4 Å². The first-order chi connectivity index (χ1) is 18.9. The lowest BCUT2D eigenvalue weighted by molar-refractivity contribution is -0.137. The average Bonchev–Trinajstić information content (AvgIpc) is 3.66. The summed E-state index contributed by atoms with van der Waals surface area (Å²) < 4.78 is 5.72. The summed E-state index contributed by atoms with van der Waals surface area (Å²) in [4.78, 5) is 45.7. The first-order valence-electron chi connectivity index (χ1n) is 13.1. The van der Waals surface area contributed by atoms with Crippen molar-refractivity contribution >= 4 is 40.6 Å². The molecule has 0 aliphatic carbocycles. The minimum absolute atomic E-state index is 0.192. The molecule has 2 spiro atoms. The lowest BCUT2D eigenvalue weighted by Gasteiger charge is -2.43. The highest BCUT2D eigenvalue weighted by Crippen LogP contribution is 2.68. The van der Waals surface area contributed by atoms with E-state index in [9.17, 15) is 14.4 Å². The van der Waals surface area contributed by atoms with Crippen LogP contribution in [0.15, 0.2) is 79.4 Å². The molecular formula is C31H26ClN3O4. The van der Waals surface area contributed by atoms with Crippen LogP contribution < -0.4 is 15.4 Å². The highest BCUT2D eigenvalue weighted by molar-refractivity contribution is 6.31. The molecule has 2 N–H and O–H groups in total. The van der Waals surface area contributed by atoms with E-state index in [0.717, 1.165) is 6.42 Å². The van der Waals surface area contributed by atoms with Crippen LogP contribution in [0.25, 0.3) is 0 Å². The molecule has 3 aromatic carbocycles. The molecule has 7 rings (SSSR count). The molecule has 2 saturated heterocycles. The van der Waals surface area contributed by atoms with E-state index in [1.807, 2.05) is 24.3 Å². The van der Waals surface area contributed by atoms with Gasteiger partial charge in [-0.1, -0.05) is 54.6 Å². The van der Waals surface area contributed by atoms with Gasteiger partial charge in [0.1, 0.15) is 23.3 Å². The standard InChI is InChI=1S/C31H26ClN3O4/c1-2-15-39-20-8-5-7-18(16-20)27(36)26-25-11-6-14-35(25)31(22-17-19(32)12-13-24(22)34-29(31)38)30(26)21-9-3-4-10-23(21)33-28(30)37/h2-5,7-10,12-13,16-17,25-26H,1,6,11,14-15H2,(H,33,37)(H,34,38)/t25-,26-,30+,31+/m0/s1. The van der Waals surface area contributed by atoms with Crippen LogP contribution in [0.2, 0.25) is 5.02 Å². The van der Waals surface area contributed by atoms with Gasteiger partial charge in [0.25, 0.3) is 5.91 Å². The van der Waals surface area contributed by atoms with Crippen molar-refractivity contribution in [3.63, 3.8) is 0 Å². The molecule has 39 heavy (non-hydrogen) atoms. The molecule has 2 amide bonds. The molecular weight excluding hydrogens is 514 g/mol. The minimum Gasteiger partial charge on any atom is -0.490 e. The number of carbonyl (C=O) groups is 3. The summed E-state index contributed by atoms with van der Waals surface area (Å²) in [7, 11) is 0. The smallest absolute Gasteiger partial charge is 0.251 e. The Balaban J connectivity index is 1.52. The van der Waals surface area contributed by atoms with Crippen molar-refractivity contribution in [1.29, 1.82) is 0 Å². The Morgan fingerprint density at radius 3 is 2.67 bits per heavy atom. The van der Waals surface area contributed by atoms with Crippen LogP contribution in [0, 0.1) is 5.92 Å². The molecule has 2 fully saturated rings. The summed E-state index contributed by atoms with van der Waals surface area (Å²) >= 11 is 6.52. The van der Waals surface area contributed by atoms with Crippen molar-refractivity contribution in [3.8, 4) is 5.75 Å². The van der Waals surface area contributed by atoms with Crippen molar-refractivity contribution in [3.05, 3.63) is 101 Å². The van der Waals surface area contributed by atoms with Gasteiger partial charge in [0.05, 0.1) is 5.92 Å². The predicted octanol–water partition coefficient (Wildman–Crippen LogP) is 4.92. The molecule has 4 aliphatic heterocycles. The third-order valence-corrected chi connectivity index (χ3v) is 9.06. The number of ether oxygens (including phenoxy) is 1. The first kappa shape index (κ1) is 24.1. The van der Waals surface area contributed by atoms with Crippen molar-refractivity contribution in [2.75, 3.05) is 23.8 Å². The van der Waals surface area contributed by atoms with Crippen LogP contribution in [0.1, 0.15) is 34.3 Å². The van der Waals surface area contributed by atoms with Gasteiger partial charge in [0.2, 0.25) is 5.91 Å². The fourth-order valence-electron chi connectivity index (χ4n) is 7.62. The number of fused-ring (bicyclic) bond motifs is 7. The zero-order valence-electron chi connectivity index (χ0n) is 21.1. The maximum absolute atomic E-state index is 14.7. The minimum atomic E-state index is -1.51. The molecule has 196 valence electrons. The number of anilines is 2. The summed E-state index contributed by atoms with van der Waals surface area (Å²) in [5, 5.41) is 6.55. The van der Waals surface area contributed by atoms with Gasteiger partial charge in [-0.15, -0.1) is 0 Å². The second kappa shape index (κ2) is 8.53. The molecule has 0 unspecified atom stereocenters. The molecule has 4 aliphatic rings. The molecule has 4 atom stereocenters. The number of halogens is 1. The van der Waals surface area contributed by atoms with Crippen LogP contribution in [-0.2, 0) is 20.5 Å². The highest BCUT2D eigenvalue weighted by atomic mass is 35.5. The zero-order chi connectivity index (χ0) is 26.9. The number of nitrogens with one attached hydrogen (secondary N) is 2. The number of benzene rings is 3. The Bertz CT molecular complexity index is 1590. The van der Waals surface area contributed by atoms with Crippen LogP contribution in [0.5, 0.6) is 5.75 Å². The van der Waals surface area contributed by atoms with Crippen LogP contribution in [0.4, 0.5) is 11.4 Å². The maximum Gasteiger partial charge on any atom is 0.251 e. The number of ketones is 1. The third-order valence-electron chi connectivity index (χ3n) is 8.83. The van der Waals surface area contributed by atoms with Gasteiger partial charge in [0.15, 0.2) is 5.78 Å². The Morgan fingerprint density at radius 1 is 1.03 bits per heavy atom. The van der Waals surface area contributed by atoms with Crippen LogP contribution in [0.3, 0.4) is 0 Å². The number of nitrogens with zero attached hydrogens (tertiary/aromatic N) is 1. The number of hydrogen-bond acceptors (Lipinski definition) is 5. The molecule has 0 bridgehead atoms.